The van der Waals surface area contributed by atoms with Gasteiger partial charge in [0.15, 0.2) is 5.82 Å². The Hall–Kier alpha value is -1.98. The molecule has 0 atom stereocenters. The van der Waals surface area contributed by atoms with E-state index in [1.54, 1.807) is 4.68 Å². The van der Waals surface area contributed by atoms with Crippen LogP contribution in [0.2, 0.25) is 0 Å². The van der Waals surface area contributed by atoms with Gasteiger partial charge in [0, 0.05) is 12.6 Å². The molecule has 0 saturated heterocycles. The molecule has 0 saturated carbocycles. The number of nitrogens with zero attached hydrogens (tertiary/aromatic N) is 5. The average Bonchev–Trinajstić information content (AvgIpc) is 2.57. The molecule has 0 radical (unpaired) electrons. The summed E-state index contributed by atoms with van der Waals surface area (Å²) >= 11 is 0. The number of rotatable bonds is 3. The fourth-order valence-electron chi connectivity index (χ4n) is 1.67. The predicted molar refractivity (Wildman–Crippen MR) is 65.3 cm³/mol. The van der Waals surface area contributed by atoms with E-state index in [1.165, 1.54) is 0 Å². The Bertz CT molecular complexity index is 531. The third-order valence-electron chi connectivity index (χ3n) is 2.27. The lowest BCUT2D eigenvalue weighted by molar-refractivity contribution is 0.791. The maximum Gasteiger partial charge on any atom is 0.161 e. The van der Waals surface area contributed by atoms with Gasteiger partial charge >= 0.3 is 0 Å². The molecule has 2 rings (SSSR count). The number of hydrogen-bond donors (Lipinski definition) is 1. The second-order valence-corrected chi connectivity index (χ2v) is 3.81. The van der Waals surface area contributed by atoms with Crippen LogP contribution >= 0.6 is 0 Å². The van der Waals surface area contributed by atoms with Crippen LogP contribution in [-0.4, -0.2) is 31.3 Å². The van der Waals surface area contributed by atoms with Gasteiger partial charge in [0.1, 0.15) is 23.3 Å². The minimum absolute atomic E-state index is 0.714. The molecule has 0 unspecified atom stereocenters. The Kier molecular flexibility index (Phi) is 3.03. The van der Waals surface area contributed by atoms with Gasteiger partial charge in [0.05, 0.1) is 0 Å². The summed E-state index contributed by atoms with van der Waals surface area (Å²) < 4.78 is 1.73. The summed E-state index contributed by atoms with van der Waals surface area (Å²) in [5.41, 5.74) is 0. The van der Waals surface area contributed by atoms with Crippen LogP contribution in [0.15, 0.2) is 6.07 Å². The van der Waals surface area contributed by atoms with Crippen LogP contribution in [0.5, 0.6) is 0 Å². The zero-order valence-corrected chi connectivity index (χ0v) is 10.5. The van der Waals surface area contributed by atoms with E-state index in [1.807, 2.05) is 33.8 Å². The molecule has 0 aromatic carbocycles. The molecular formula is C11H16N6. The van der Waals surface area contributed by atoms with Crippen molar-refractivity contribution in [1.82, 2.24) is 24.7 Å². The largest absolute Gasteiger partial charge is 0.370 e. The fraction of sp³-hybridized carbons (Fsp3) is 0.455. The molecule has 6 heteroatoms. The first-order valence-electron chi connectivity index (χ1n) is 5.60. The van der Waals surface area contributed by atoms with Crippen molar-refractivity contribution in [2.24, 2.45) is 0 Å². The minimum atomic E-state index is 0.714. The molecule has 0 fully saturated rings. The molecule has 0 amide bonds. The van der Waals surface area contributed by atoms with E-state index in [4.69, 9.17) is 0 Å². The van der Waals surface area contributed by atoms with Crippen LogP contribution < -0.4 is 5.32 Å². The third kappa shape index (κ3) is 2.41. The van der Waals surface area contributed by atoms with Gasteiger partial charge in [-0.25, -0.2) is 15.0 Å². The summed E-state index contributed by atoms with van der Waals surface area (Å²) in [5.74, 6) is 3.83. The van der Waals surface area contributed by atoms with Gasteiger partial charge in [-0.15, -0.1) is 5.10 Å². The second kappa shape index (κ2) is 4.48. The molecule has 2 aromatic heterocycles. The lowest BCUT2D eigenvalue weighted by atomic mass is 10.4. The summed E-state index contributed by atoms with van der Waals surface area (Å²) in [5, 5.41) is 7.48. The molecule has 17 heavy (non-hydrogen) atoms. The molecule has 0 aliphatic rings. The third-order valence-corrected chi connectivity index (χ3v) is 2.27. The van der Waals surface area contributed by atoms with E-state index >= 15 is 0 Å². The van der Waals surface area contributed by atoms with Gasteiger partial charge in [-0.2, -0.15) is 4.68 Å². The highest BCUT2D eigenvalue weighted by molar-refractivity contribution is 5.41. The molecule has 0 spiro atoms. The van der Waals surface area contributed by atoms with E-state index in [0.717, 1.165) is 29.8 Å². The predicted octanol–water partition coefficient (Wildman–Crippen LogP) is 1.41. The number of nitrogens with one attached hydrogen (secondary N) is 1. The van der Waals surface area contributed by atoms with Crippen molar-refractivity contribution < 1.29 is 0 Å². The molecule has 2 heterocycles. The molecule has 0 aliphatic carbocycles. The standard InChI is InChI=1S/C11H16N6/c1-5-12-10-6-11(15-7(2)14-10)17-9(4)13-8(3)16-17/h6H,5H2,1-4H3,(H,12,14,15). The number of hydrogen-bond acceptors (Lipinski definition) is 5. The van der Waals surface area contributed by atoms with Crippen molar-refractivity contribution in [3.63, 3.8) is 0 Å². The highest BCUT2D eigenvalue weighted by Gasteiger charge is 2.08. The van der Waals surface area contributed by atoms with Gasteiger partial charge in [-0.1, -0.05) is 0 Å². The summed E-state index contributed by atoms with van der Waals surface area (Å²) in [6, 6.07) is 1.87. The smallest absolute Gasteiger partial charge is 0.161 e. The van der Waals surface area contributed by atoms with Crippen LogP contribution in [0.25, 0.3) is 5.82 Å². The Labute approximate surface area is 100 Å². The monoisotopic (exact) mass is 232 g/mol. The van der Waals surface area contributed by atoms with E-state index in [0.29, 0.717) is 5.82 Å². The fourth-order valence-corrected chi connectivity index (χ4v) is 1.67. The van der Waals surface area contributed by atoms with Crippen LogP contribution in [0, 0.1) is 20.8 Å². The first-order valence-corrected chi connectivity index (χ1v) is 5.60. The van der Waals surface area contributed by atoms with Crippen molar-refractivity contribution in [1.29, 1.82) is 0 Å². The van der Waals surface area contributed by atoms with Crippen LogP contribution in [0.4, 0.5) is 5.82 Å². The highest BCUT2D eigenvalue weighted by atomic mass is 15.4. The lowest BCUT2D eigenvalue weighted by Crippen LogP contribution is -2.08. The highest BCUT2D eigenvalue weighted by Crippen LogP contribution is 2.11. The summed E-state index contributed by atoms with van der Waals surface area (Å²) in [6.07, 6.45) is 0. The second-order valence-electron chi connectivity index (χ2n) is 3.81. The number of aryl methyl sites for hydroxylation is 3. The van der Waals surface area contributed by atoms with Gasteiger partial charge in [0.2, 0.25) is 0 Å². The maximum atomic E-state index is 4.37. The van der Waals surface area contributed by atoms with E-state index < -0.39 is 0 Å². The van der Waals surface area contributed by atoms with E-state index in [2.05, 4.69) is 25.4 Å². The van der Waals surface area contributed by atoms with Crippen molar-refractivity contribution in [2.75, 3.05) is 11.9 Å². The van der Waals surface area contributed by atoms with Crippen LogP contribution in [-0.2, 0) is 0 Å². The zero-order chi connectivity index (χ0) is 12.4. The molecule has 1 N–H and O–H groups in total. The van der Waals surface area contributed by atoms with Gasteiger partial charge < -0.3 is 5.32 Å². The van der Waals surface area contributed by atoms with E-state index in [9.17, 15) is 0 Å². The zero-order valence-electron chi connectivity index (χ0n) is 10.5. The Balaban J connectivity index is 2.48. The molecule has 0 aliphatic heterocycles. The molecular weight excluding hydrogens is 216 g/mol. The molecule has 0 bridgehead atoms. The Morgan fingerprint density at radius 3 is 2.47 bits per heavy atom. The molecule has 2 aromatic rings. The van der Waals surface area contributed by atoms with E-state index in [-0.39, 0.29) is 0 Å². The van der Waals surface area contributed by atoms with Crippen LogP contribution in [0.3, 0.4) is 0 Å². The summed E-state index contributed by atoms with van der Waals surface area (Å²) in [4.78, 5) is 12.9. The Morgan fingerprint density at radius 2 is 1.88 bits per heavy atom. The SMILES string of the molecule is CCNc1cc(-n2nc(C)nc2C)nc(C)n1. The van der Waals surface area contributed by atoms with Crippen molar-refractivity contribution >= 4 is 5.82 Å². The van der Waals surface area contributed by atoms with Gasteiger partial charge in [-0.05, 0) is 27.7 Å². The Morgan fingerprint density at radius 1 is 1.12 bits per heavy atom. The van der Waals surface area contributed by atoms with Gasteiger partial charge in [0.25, 0.3) is 0 Å². The first-order chi connectivity index (χ1) is 8.10. The molecule has 90 valence electrons. The first kappa shape index (κ1) is 11.5. The van der Waals surface area contributed by atoms with Crippen molar-refractivity contribution in [3.8, 4) is 5.82 Å². The van der Waals surface area contributed by atoms with Crippen molar-refractivity contribution in [3.05, 3.63) is 23.5 Å². The number of anilines is 1. The maximum absolute atomic E-state index is 4.37. The average molecular weight is 232 g/mol. The minimum Gasteiger partial charge on any atom is -0.370 e. The molecule has 6 nitrogen and oxygen atoms in total. The summed E-state index contributed by atoms with van der Waals surface area (Å²) in [7, 11) is 0. The van der Waals surface area contributed by atoms with Crippen LogP contribution in [0.1, 0.15) is 24.4 Å². The lowest BCUT2D eigenvalue weighted by Gasteiger charge is -2.07. The number of aromatic nitrogens is 5. The quantitative estimate of drug-likeness (QED) is 0.866. The van der Waals surface area contributed by atoms with Crippen molar-refractivity contribution in [2.45, 2.75) is 27.7 Å². The topological polar surface area (TPSA) is 68.5 Å². The summed E-state index contributed by atoms with van der Waals surface area (Å²) in [6.45, 7) is 8.49. The van der Waals surface area contributed by atoms with Gasteiger partial charge in [-0.3, -0.25) is 0 Å². The normalized spacial score (nSPS) is 10.6.